The number of allylic oxidation sites excluding steroid dienone is 2. The Morgan fingerprint density at radius 2 is 1.24 bits per heavy atom. The van der Waals surface area contributed by atoms with Gasteiger partial charge < -0.3 is 4.74 Å². The predicted molar refractivity (Wildman–Crippen MR) is 91.5 cm³/mol. The third-order valence-electron chi connectivity index (χ3n) is 3.71. The maximum Gasteiger partial charge on any atom is 0.302 e. The summed E-state index contributed by atoms with van der Waals surface area (Å²) in [5.41, 5.74) is 0. The minimum absolute atomic E-state index is 0.170. The largest absolute Gasteiger partial charge is 0.466 e. The van der Waals surface area contributed by atoms with Crippen LogP contribution in [0, 0.1) is 0 Å². The zero-order chi connectivity index (χ0) is 15.6. The highest BCUT2D eigenvalue weighted by molar-refractivity contribution is 5.65. The molecule has 0 bridgehead atoms. The smallest absolute Gasteiger partial charge is 0.302 e. The molecule has 0 atom stereocenters. The highest BCUT2D eigenvalue weighted by Crippen LogP contribution is 2.10. The molecule has 0 spiro atoms. The third kappa shape index (κ3) is 19.2. The molecule has 0 aliphatic rings. The van der Waals surface area contributed by atoms with Crippen molar-refractivity contribution < 1.29 is 9.53 Å². The van der Waals surface area contributed by atoms with Crippen molar-refractivity contribution in [2.45, 2.75) is 97.3 Å². The number of hydrogen-bond acceptors (Lipinski definition) is 2. The van der Waals surface area contributed by atoms with Crippen LogP contribution in [0.4, 0.5) is 0 Å². The number of hydrogen-bond donors (Lipinski definition) is 0. The van der Waals surface area contributed by atoms with Crippen molar-refractivity contribution in [3.8, 4) is 0 Å². The fraction of sp³-hybridized carbons (Fsp3) is 0.842. The van der Waals surface area contributed by atoms with E-state index >= 15 is 0 Å². The summed E-state index contributed by atoms with van der Waals surface area (Å²) in [5, 5.41) is 0. The molecule has 0 saturated carbocycles. The van der Waals surface area contributed by atoms with Gasteiger partial charge in [0.2, 0.25) is 0 Å². The molecule has 0 aromatic carbocycles. The fourth-order valence-electron chi connectivity index (χ4n) is 2.39. The molecule has 21 heavy (non-hydrogen) atoms. The summed E-state index contributed by atoms with van der Waals surface area (Å²) in [4.78, 5) is 10.6. The molecule has 0 rings (SSSR count). The molecular weight excluding hydrogens is 260 g/mol. The molecule has 0 aliphatic heterocycles. The van der Waals surface area contributed by atoms with Crippen LogP contribution in [0.2, 0.25) is 0 Å². The van der Waals surface area contributed by atoms with Gasteiger partial charge in [-0.1, -0.05) is 70.4 Å². The number of carbonyl (C=O) groups is 1. The van der Waals surface area contributed by atoms with E-state index < -0.39 is 0 Å². The summed E-state index contributed by atoms with van der Waals surface area (Å²) in [6.45, 7) is 4.31. The van der Waals surface area contributed by atoms with Gasteiger partial charge >= 0.3 is 5.97 Å². The first-order valence-electron chi connectivity index (χ1n) is 9.05. The van der Waals surface area contributed by atoms with Crippen LogP contribution >= 0.6 is 0 Å². The van der Waals surface area contributed by atoms with Gasteiger partial charge in [-0.25, -0.2) is 0 Å². The standard InChI is InChI=1S/C19H36O2/c1-3-4-5-6-7-8-9-10-11-12-13-14-15-16-17-18-21-19(2)20/h13-14H,3-12,15-18H2,1-2H3. The Morgan fingerprint density at radius 3 is 1.76 bits per heavy atom. The Kier molecular flexibility index (Phi) is 16.6. The van der Waals surface area contributed by atoms with E-state index in [2.05, 4.69) is 19.1 Å². The minimum atomic E-state index is -0.170. The van der Waals surface area contributed by atoms with Gasteiger partial charge in [-0.05, 0) is 32.1 Å². The van der Waals surface area contributed by atoms with Gasteiger partial charge in [0, 0.05) is 6.92 Å². The lowest BCUT2D eigenvalue weighted by atomic mass is 10.1. The van der Waals surface area contributed by atoms with Gasteiger partial charge in [-0.3, -0.25) is 4.79 Å². The van der Waals surface area contributed by atoms with Crippen LogP contribution in [0.25, 0.3) is 0 Å². The van der Waals surface area contributed by atoms with E-state index in [1.54, 1.807) is 0 Å². The molecule has 124 valence electrons. The van der Waals surface area contributed by atoms with Crippen LogP contribution in [-0.2, 0) is 9.53 Å². The second-order valence-electron chi connectivity index (χ2n) is 5.92. The van der Waals surface area contributed by atoms with Crippen LogP contribution < -0.4 is 0 Å². The lowest BCUT2D eigenvalue weighted by molar-refractivity contribution is -0.141. The fourth-order valence-corrected chi connectivity index (χ4v) is 2.39. The normalized spacial score (nSPS) is 11.1. The monoisotopic (exact) mass is 296 g/mol. The predicted octanol–water partition coefficient (Wildman–Crippen LogP) is 6.20. The second kappa shape index (κ2) is 17.3. The number of ether oxygens (including phenoxy) is 1. The Balaban J connectivity index is 3.07. The van der Waals surface area contributed by atoms with Crippen molar-refractivity contribution in [2.24, 2.45) is 0 Å². The summed E-state index contributed by atoms with van der Waals surface area (Å²) in [6.07, 6.45) is 21.6. The first kappa shape index (κ1) is 20.2. The molecule has 0 radical (unpaired) electrons. The average molecular weight is 296 g/mol. The maximum absolute atomic E-state index is 10.6. The quantitative estimate of drug-likeness (QED) is 0.204. The van der Waals surface area contributed by atoms with E-state index in [1.807, 2.05) is 0 Å². The Hall–Kier alpha value is -0.790. The van der Waals surface area contributed by atoms with Crippen molar-refractivity contribution >= 4 is 5.97 Å². The summed E-state index contributed by atoms with van der Waals surface area (Å²) < 4.78 is 4.89. The molecule has 0 unspecified atom stereocenters. The van der Waals surface area contributed by atoms with E-state index in [-0.39, 0.29) is 5.97 Å². The summed E-state index contributed by atoms with van der Waals surface area (Å²) in [7, 11) is 0. The lowest BCUT2D eigenvalue weighted by Crippen LogP contribution is -1.99. The zero-order valence-electron chi connectivity index (χ0n) is 14.4. The minimum Gasteiger partial charge on any atom is -0.466 e. The van der Waals surface area contributed by atoms with E-state index in [9.17, 15) is 4.79 Å². The van der Waals surface area contributed by atoms with Crippen molar-refractivity contribution in [3.05, 3.63) is 12.2 Å². The molecule has 0 fully saturated rings. The van der Waals surface area contributed by atoms with Gasteiger partial charge in [0.1, 0.15) is 0 Å². The van der Waals surface area contributed by atoms with Gasteiger partial charge in [0.25, 0.3) is 0 Å². The molecule has 0 saturated heterocycles. The van der Waals surface area contributed by atoms with Crippen molar-refractivity contribution in [2.75, 3.05) is 6.61 Å². The topological polar surface area (TPSA) is 26.3 Å². The third-order valence-corrected chi connectivity index (χ3v) is 3.71. The highest BCUT2D eigenvalue weighted by Gasteiger charge is 1.92. The van der Waals surface area contributed by atoms with Gasteiger partial charge in [-0.2, -0.15) is 0 Å². The van der Waals surface area contributed by atoms with Gasteiger partial charge in [0.05, 0.1) is 6.61 Å². The molecule has 0 aromatic heterocycles. The molecule has 2 nitrogen and oxygen atoms in total. The molecule has 0 aliphatic carbocycles. The molecule has 0 amide bonds. The zero-order valence-corrected chi connectivity index (χ0v) is 14.4. The number of carbonyl (C=O) groups excluding carboxylic acids is 1. The first-order chi connectivity index (χ1) is 10.3. The van der Waals surface area contributed by atoms with Crippen LogP contribution in [0.5, 0.6) is 0 Å². The average Bonchev–Trinajstić information content (AvgIpc) is 2.46. The SMILES string of the molecule is CCCCCCCCCCCC=CCCCCOC(C)=O. The molecule has 0 N–H and O–H groups in total. The van der Waals surface area contributed by atoms with E-state index in [4.69, 9.17) is 4.74 Å². The van der Waals surface area contributed by atoms with E-state index in [0.717, 1.165) is 19.3 Å². The van der Waals surface area contributed by atoms with Gasteiger partial charge in [-0.15, -0.1) is 0 Å². The Labute approximate surface area is 132 Å². The van der Waals surface area contributed by atoms with E-state index in [0.29, 0.717) is 6.61 Å². The van der Waals surface area contributed by atoms with Gasteiger partial charge in [0.15, 0.2) is 0 Å². The first-order valence-corrected chi connectivity index (χ1v) is 9.05. The van der Waals surface area contributed by atoms with Crippen LogP contribution in [0.3, 0.4) is 0 Å². The number of esters is 1. The van der Waals surface area contributed by atoms with Crippen LogP contribution in [0.1, 0.15) is 97.3 Å². The van der Waals surface area contributed by atoms with E-state index in [1.165, 1.54) is 71.1 Å². The summed E-state index contributed by atoms with van der Waals surface area (Å²) in [5.74, 6) is -0.170. The maximum atomic E-state index is 10.6. The highest BCUT2D eigenvalue weighted by atomic mass is 16.5. The van der Waals surface area contributed by atoms with Crippen molar-refractivity contribution in [3.63, 3.8) is 0 Å². The molecule has 0 aromatic rings. The van der Waals surface area contributed by atoms with Crippen LogP contribution in [0.15, 0.2) is 12.2 Å². The second-order valence-corrected chi connectivity index (χ2v) is 5.92. The summed E-state index contributed by atoms with van der Waals surface area (Å²) in [6, 6.07) is 0. The molecule has 0 heterocycles. The Morgan fingerprint density at radius 1 is 0.762 bits per heavy atom. The molecular formula is C19H36O2. The van der Waals surface area contributed by atoms with Crippen LogP contribution in [-0.4, -0.2) is 12.6 Å². The van der Waals surface area contributed by atoms with Crippen molar-refractivity contribution in [1.82, 2.24) is 0 Å². The summed E-state index contributed by atoms with van der Waals surface area (Å²) >= 11 is 0. The lowest BCUT2D eigenvalue weighted by Gasteiger charge is -2.01. The molecule has 2 heteroatoms. The van der Waals surface area contributed by atoms with Crippen molar-refractivity contribution in [1.29, 1.82) is 0 Å². The Bertz CT molecular complexity index is 246. The number of unbranched alkanes of at least 4 members (excludes halogenated alkanes) is 11. The number of rotatable bonds is 15.